The minimum Gasteiger partial charge on any atom is -0.391 e. The van der Waals surface area contributed by atoms with E-state index in [0.29, 0.717) is 18.9 Å². The number of β-amino-alcohol motifs (C(OH)–C–C–N with tert-alkyl or cyclic N) is 1. The summed E-state index contributed by atoms with van der Waals surface area (Å²) in [6.45, 7) is 5.40. The van der Waals surface area contributed by atoms with Gasteiger partial charge in [-0.3, -0.25) is 4.79 Å². The minimum absolute atomic E-state index is 0.208. The smallest absolute Gasteiger partial charge is 0.223 e. The van der Waals surface area contributed by atoms with Crippen LogP contribution in [0.15, 0.2) is 0 Å². The molecule has 0 spiro atoms. The number of likely N-dealkylation sites (tertiary alicyclic amines) is 1. The van der Waals surface area contributed by atoms with E-state index >= 15 is 0 Å². The van der Waals surface area contributed by atoms with Crippen LogP contribution in [0.3, 0.4) is 0 Å². The van der Waals surface area contributed by atoms with Gasteiger partial charge in [-0.1, -0.05) is 20.3 Å². The molecule has 3 heteroatoms. The van der Waals surface area contributed by atoms with Crippen molar-refractivity contribution < 1.29 is 9.90 Å². The predicted molar refractivity (Wildman–Crippen MR) is 51.3 cm³/mol. The van der Waals surface area contributed by atoms with Crippen LogP contribution in [-0.4, -0.2) is 35.1 Å². The van der Waals surface area contributed by atoms with E-state index in [1.807, 2.05) is 6.92 Å². The third-order valence-corrected chi connectivity index (χ3v) is 2.77. The summed E-state index contributed by atoms with van der Waals surface area (Å²) in [6, 6.07) is 0. The lowest BCUT2D eigenvalue weighted by molar-refractivity contribution is -0.128. The second-order valence-corrected chi connectivity index (χ2v) is 3.84. The molecule has 13 heavy (non-hydrogen) atoms. The van der Waals surface area contributed by atoms with Crippen molar-refractivity contribution in [3.63, 3.8) is 0 Å². The molecule has 1 amide bonds. The molecule has 3 nitrogen and oxygen atoms in total. The molecule has 0 saturated carbocycles. The first-order valence-corrected chi connectivity index (χ1v) is 5.13. The van der Waals surface area contributed by atoms with Crippen LogP contribution in [0.25, 0.3) is 0 Å². The van der Waals surface area contributed by atoms with E-state index in [0.717, 1.165) is 19.4 Å². The van der Waals surface area contributed by atoms with Crippen molar-refractivity contribution >= 4 is 5.91 Å². The van der Waals surface area contributed by atoms with Crippen molar-refractivity contribution in [3.05, 3.63) is 0 Å². The van der Waals surface area contributed by atoms with Gasteiger partial charge in [0.1, 0.15) is 0 Å². The van der Waals surface area contributed by atoms with Gasteiger partial charge in [0.15, 0.2) is 0 Å². The molecule has 0 aromatic heterocycles. The largest absolute Gasteiger partial charge is 0.391 e. The lowest BCUT2D eigenvalue weighted by Crippen LogP contribution is -2.33. The van der Waals surface area contributed by atoms with Crippen LogP contribution in [0.5, 0.6) is 0 Å². The monoisotopic (exact) mass is 185 g/mol. The Morgan fingerprint density at radius 1 is 1.62 bits per heavy atom. The summed E-state index contributed by atoms with van der Waals surface area (Å²) < 4.78 is 0. The molecule has 1 saturated heterocycles. The molecule has 0 aromatic rings. The number of aliphatic hydroxyl groups is 1. The Morgan fingerprint density at radius 2 is 2.31 bits per heavy atom. The van der Waals surface area contributed by atoms with Crippen LogP contribution in [0.4, 0.5) is 0 Å². The highest BCUT2D eigenvalue weighted by Gasteiger charge is 2.28. The lowest BCUT2D eigenvalue weighted by Gasteiger charge is -2.19. The van der Waals surface area contributed by atoms with Crippen molar-refractivity contribution in [2.45, 2.75) is 39.2 Å². The molecule has 1 aliphatic heterocycles. The number of aliphatic hydroxyl groups excluding tert-OH is 1. The Balaban J connectivity index is 2.39. The van der Waals surface area contributed by atoms with Gasteiger partial charge in [-0.2, -0.15) is 0 Å². The predicted octanol–water partition coefficient (Wildman–Crippen LogP) is 1.02. The molecule has 76 valence electrons. The van der Waals surface area contributed by atoms with Crippen molar-refractivity contribution in [1.82, 2.24) is 4.90 Å². The van der Waals surface area contributed by atoms with E-state index in [-0.39, 0.29) is 12.0 Å². The zero-order valence-electron chi connectivity index (χ0n) is 8.49. The molecular weight excluding hydrogens is 166 g/mol. The molecule has 0 aromatic carbocycles. The fourth-order valence-electron chi connectivity index (χ4n) is 1.69. The maximum atomic E-state index is 11.4. The molecular formula is C10H19NO2. The number of hydrogen-bond donors (Lipinski definition) is 1. The molecule has 2 atom stereocenters. The van der Waals surface area contributed by atoms with Gasteiger partial charge in [0.05, 0.1) is 6.10 Å². The highest BCUT2D eigenvalue weighted by atomic mass is 16.3. The van der Waals surface area contributed by atoms with E-state index in [4.69, 9.17) is 0 Å². The van der Waals surface area contributed by atoms with E-state index in [1.54, 1.807) is 4.90 Å². The van der Waals surface area contributed by atoms with Gasteiger partial charge >= 0.3 is 0 Å². The van der Waals surface area contributed by atoms with Gasteiger partial charge in [-0.05, 0) is 12.3 Å². The van der Waals surface area contributed by atoms with Gasteiger partial charge in [-0.25, -0.2) is 0 Å². The molecule has 1 aliphatic rings. The Bertz CT molecular complexity index is 182. The summed E-state index contributed by atoms with van der Waals surface area (Å²) in [7, 11) is 0. The second kappa shape index (κ2) is 4.61. The number of rotatable bonds is 4. The highest BCUT2D eigenvalue weighted by Crippen LogP contribution is 2.20. The Labute approximate surface area is 79.7 Å². The van der Waals surface area contributed by atoms with Gasteiger partial charge in [-0.15, -0.1) is 0 Å². The van der Waals surface area contributed by atoms with Crippen LogP contribution >= 0.6 is 0 Å². The first kappa shape index (κ1) is 10.5. The van der Waals surface area contributed by atoms with Crippen LogP contribution in [0, 0.1) is 5.92 Å². The van der Waals surface area contributed by atoms with Crippen molar-refractivity contribution in [2.24, 2.45) is 5.92 Å². The molecule has 1 rings (SSSR count). The van der Waals surface area contributed by atoms with Gasteiger partial charge in [0.2, 0.25) is 5.91 Å². The fourth-order valence-corrected chi connectivity index (χ4v) is 1.69. The summed E-state index contributed by atoms with van der Waals surface area (Å²) in [5, 5.41) is 9.40. The quantitative estimate of drug-likeness (QED) is 0.710. The summed E-state index contributed by atoms with van der Waals surface area (Å²) >= 11 is 0. The SMILES string of the molecule is CCC(O)CN1CC(CC)CC1=O. The topological polar surface area (TPSA) is 40.5 Å². The van der Waals surface area contributed by atoms with Crippen LogP contribution < -0.4 is 0 Å². The van der Waals surface area contributed by atoms with Crippen molar-refractivity contribution in [2.75, 3.05) is 13.1 Å². The number of nitrogens with zero attached hydrogens (tertiary/aromatic N) is 1. The van der Waals surface area contributed by atoms with E-state index in [1.165, 1.54) is 0 Å². The van der Waals surface area contributed by atoms with Crippen molar-refractivity contribution in [1.29, 1.82) is 0 Å². The first-order chi connectivity index (χ1) is 6.17. The molecule has 1 fully saturated rings. The van der Waals surface area contributed by atoms with Crippen LogP contribution in [0.2, 0.25) is 0 Å². The molecule has 1 heterocycles. The molecule has 0 bridgehead atoms. The van der Waals surface area contributed by atoms with Gasteiger partial charge in [0, 0.05) is 19.5 Å². The second-order valence-electron chi connectivity index (χ2n) is 3.84. The summed E-state index contributed by atoms with van der Waals surface area (Å²) in [4.78, 5) is 13.2. The van der Waals surface area contributed by atoms with Gasteiger partial charge in [0.25, 0.3) is 0 Å². The Hall–Kier alpha value is -0.570. The van der Waals surface area contributed by atoms with E-state index < -0.39 is 0 Å². The normalized spacial score (nSPS) is 25.3. The highest BCUT2D eigenvalue weighted by molar-refractivity contribution is 5.78. The lowest BCUT2D eigenvalue weighted by atomic mass is 10.1. The maximum absolute atomic E-state index is 11.4. The molecule has 2 unspecified atom stereocenters. The fraction of sp³-hybridized carbons (Fsp3) is 0.900. The number of hydrogen-bond acceptors (Lipinski definition) is 2. The zero-order chi connectivity index (χ0) is 9.84. The van der Waals surface area contributed by atoms with Crippen LogP contribution in [-0.2, 0) is 4.79 Å². The molecule has 0 aliphatic carbocycles. The summed E-state index contributed by atoms with van der Waals surface area (Å²) in [5.74, 6) is 0.718. The number of amides is 1. The number of carbonyl (C=O) groups is 1. The Morgan fingerprint density at radius 3 is 2.77 bits per heavy atom. The van der Waals surface area contributed by atoms with Crippen LogP contribution in [0.1, 0.15) is 33.1 Å². The average molecular weight is 185 g/mol. The Kier molecular flexibility index (Phi) is 3.72. The molecule has 0 radical (unpaired) electrons. The third-order valence-electron chi connectivity index (χ3n) is 2.77. The van der Waals surface area contributed by atoms with E-state index in [2.05, 4.69) is 6.92 Å². The third kappa shape index (κ3) is 2.69. The summed E-state index contributed by atoms with van der Waals surface area (Å²) in [6.07, 6.45) is 2.11. The van der Waals surface area contributed by atoms with Crippen molar-refractivity contribution in [3.8, 4) is 0 Å². The van der Waals surface area contributed by atoms with Gasteiger partial charge < -0.3 is 10.0 Å². The minimum atomic E-state index is -0.348. The average Bonchev–Trinajstić information content (AvgIpc) is 2.47. The standard InChI is InChI=1S/C10H19NO2/c1-3-8-5-10(13)11(6-8)7-9(12)4-2/h8-9,12H,3-7H2,1-2H3. The van der Waals surface area contributed by atoms with E-state index in [9.17, 15) is 9.90 Å². The zero-order valence-corrected chi connectivity index (χ0v) is 8.49. The summed E-state index contributed by atoms with van der Waals surface area (Å²) in [5.41, 5.74) is 0. The first-order valence-electron chi connectivity index (χ1n) is 5.13. The molecule has 1 N–H and O–H groups in total. The maximum Gasteiger partial charge on any atom is 0.223 e. The number of carbonyl (C=O) groups excluding carboxylic acids is 1.